The Morgan fingerprint density at radius 1 is 1.40 bits per heavy atom. The summed E-state index contributed by atoms with van der Waals surface area (Å²) in [6, 6.07) is 5.94. The smallest absolute Gasteiger partial charge is 0.251 e. The molecule has 1 aromatic rings. The lowest BCUT2D eigenvalue weighted by Gasteiger charge is -2.16. The number of hydrogen-bond donors (Lipinski definition) is 2. The summed E-state index contributed by atoms with van der Waals surface area (Å²) in [7, 11) is -3.31. The van der Waals surface area contributed by atoms with Crippen LogP contribution >= 0.6 is 0 Å². The molecule has 0 spiro atoms. The van der Waals surface area contributed by atoms with Crippen LogP contribution in [-0.2, 0) is 9.84 Å². The molecule has 3 N–H and O–H groups in total. The number of rotatable bonds is 7. The average Bonchev–Trinajstić information content (AvgIpc) is 2.42. The summed E-state index contributed by atoms with van der Waals surface area (Å²) in [5, 5.41) is 2.84. The number of nitrogens with one attached hydrogen (secondary N) is 1. The molecule has 1 aromatic carbocycles. The van der Waals surface area contributed by atoms with Crippen molar-refractivity contribution in [2.45, 2.75) is 37.1 Å². The Bertz CT molecular complexity index is 555. The Labute approximate surface area is 120 Å². The zero-order chi connectivity index (χ0) is 15.2. The zero-order valence-electron chi connectivity index (χ0n) is 11.9. The molecule has 0 heterocycles. The summed E-state index contributed by atoms with van der Waals surface area (Å²) in [5.41, 5.74) is 5.96. The molecule has 0 radical (unpaired) electrons. The molecule has 0 saturated heterocycles. The molecule has 1 amide bonds. The first-order valence-corrected chi connectivity index (χ1v) is 8.58. The van der Waals surface area contributed by atoms with Gasteiger partial charge in [0.2, 0.25) is 0 Å². The van der Waals surface area contributed by atoms with E-state index in [-0.39, 0.29) is 16.8 Å². The summed E-state index contributed by atoms with van der Waals surface area (Å²) in [5.74, 6) is -0.290. The second kappa shape index (κ2) is 7.40. The molecule has 1 rings (SSSR count). The number of hydrogen-bond acceptors (Lipinski definition) is 4. The summed E-state index contributed by atoms with van der Waals surface area (Å²) in [6.07, 6.45) is 3.97. The maximum atomic E-state index is 12.1. The molecule has 0 aliphatic carbocycles. The van der Waals surface area contributed by atoms with E-state index in [1.807, 2.05) is 0 Å². The van der Waals surface area contributed by atoms with Crippen LogP contribution in [0.1, 0.15) is 36.5 Å². The van der Waals surface area contributed by atoms with Gasteiger partial charge < -0.3 is 11.1 Å². The molecule has 0 bridgehead atoms. The van der Waals surface area contributed by atoms with Gasteiger partial charge in [0, 0.05) is 24.4 Å². The lowest BCUT2D eigenvalue weighted by Crippen LogP contribution is -2.40. The fourth-order valence-corrected chi connectivity index (χ4v) is 2.50. The number of nitrogens with two attached hydrogens (primary N) is 1. The van der Waals surface area contributed by atoms with Gasteiger partial charge in [0.15, 0.2) is 9.84 Å². The molecular formula is C14H22N2O3S. The predicted octanol–water partition coefficient (Wildman–Crippen LogP) is 1.34. The van der Waals surface area contributed by atoms with Crippen LogP contribution in [0.4, 0.5) is 0 Å². The first-order valence-electron chi connectivity index (χ1n) is 6.69. The van der Waals surface area contributed by atoms with Gasteiger partial charge in [0.25, 0.3) is 5.91 Å². The van der Waals surface area contributed by atoms with Gasteiger partial charge in [-0.15, -0.1) is 0 Å². The third-order valence-corrected chi connectivity index (χ3v) is 4.16. The third-order valence-electron chi connectivity index (χ3n) is 3.05. The molecule has 112 valence electrons. The first kappa shape index (κ1) is 16.7. The fraction of sp³-hybridized carbons (Fsp3) is 0.500. The van der Waals surface area contributed by atoms with Crippen LogP contribution in [0.5, 0.6) is 0 Å². The van der Waals surface area contributed by atoms with Crippen molar-refractivity contribution in [3.8, 4) is 0 Å². The predicted molar refractivity (Wildman–Crippen MR) is 79.4 cm³/mol. The molecular weight excluding hydrogens is 276 g/mol. The van der Waals surface area contributed by atoms with E-state index in [1.165, 1.54) is 12.1 Å². The van der Waals surface area contributed by atoms with E-state index < -0.39 is 9.84 Å². The Hall–Kier alpha value is -1.40. The number of sulfone groups is 1. The van der Waals surface area contributed by atoms with Gasteiger partial charge in [-0.2, -0.15) is 0 Å². The SMILES string of the molecule is CCCCC(CN)NC(=O)c1cccc(S(C)(=O)=O)c1. The number of amides is 1. The Morgan fingerprint density at radius 3 is 2.65 bits per heavy atom. The van der Waals surface area contributed by atoms with Gasteiger partial charge in [0.1, 0.15) is 0 Å². The second-order valence-electron chi connectivity index (χ2n) is 4.85. The summed E-state index contributed by atoms with van der Waals surface area (Å²) in [6.45, 7) is 2.45. The standard InChI is InChI=1S/C14H22N2O3S/c1-3-4-7-12(10-15)16-14(17)11-6-5-8-13(9-11)20(2,18)19/h5-6,8-9,12H,3-4,7,10,15H2,1-2H3,(H,16,17). The molecule has 0 aromatic heterocycles. The van der Waals surface area contributed by atoms with Crippen LogP contribution in [0, 0.1) is 0 Å². The van der Waals surface area contributed by atoms with Gasteiger partial charge in [-0.05, 0) is 24.6 Å². The van der Waals surface area contributed by atoms with E-state index in [2.05, 4.69) is 12.2 Å². The lowest BCUT2D eigenvalue weighted by molar-refractivity contribution is 0.0935. The number of carbonyl (C=O) groups excluding carboxylic acids is 1. The van der Waals surface area contributed by atoms with Crippen LogP contribution in [0.25, 0.3) is 0 Å². The van der Waals surface area contributed by atoms with Crippen LogP contribution < -0.4 is 11.1 Å². The highest BCUT2D eigenvalue weighted by Gasteiger charge is 2.14. The van der Waals surface area contributed by atoms with E-state index in [0.717, 1.165) is 25.5 Å². The maximum Gasteiger partial charge on any atom is 0.251 e. The van der Waals surface area contributed by atoms with Gasteiger partial charge in [-0.25, -0.2) is 8.42 Å². The fourth-order valence-electron chi connectivity index (χ4n) is 1.84. The highest BCUT2D eigenvalue weighted by molar-refractivity contribution is 7.90. The molecule has 0 aliphatic heterocycles. The van der Waals surface area contributed by atoms with Gasteiger partial charge in [-0.3, -0.25) is 4.79 Å². The number of unbranched alkanes of at least 4 members (excludes halogenated alkanes) is 1. The molecule has 0 fully saturated rings. The highest BCUT2D eigenvalue weighted by atomic mass is 32.2. The molecule has 0 saturated carbocycles. The average molecular weight is 298 g/mol. The van der Waals surface area contributed by atoms with Gasteiger partial charge in [-0.1, -0.05) is 25.8 Å². The van der Waals surface area contributed by atoms with Crippen molar-refractivity contribution in [1.29, 1.82) is 0 Å². The van der Waals surface area contributed by atoms with E-state index in [1.54, 1.807) is 12.1 Å². The molecule has 1 atom stereocenters. The normalized spacial score (nSPS) is 12.9. The minimum Gasteiger partial charge on any atom is -0.348 e. The minimum absolute atomic E-state index is 0.0793. The van der Waals surface area contributed by atoms with Crippen molar-refractivity contribution in [1.82, 2.24) is 5.32 Å². The Balaban J connectivity index is 2.82. The number of benzene rings is 1. The Morgan fingerprint density at radius 2 is 2.10 bits per heavy atom. The van der Waals surface area contributed by atoms with Crippen LogP contribution in [0.15, 0.2) is 29.2 Å². The lowest BCUT2D eigenvalue weighted by atomic mass is 10.1. The van der Waals surface area contributed by atoms with Crippen LogP contribution in [-0.4, -0.2) is 33.2 Å². The zero-order valence-corrected chi connectivity index (χ0v) is 12.7. The van der Waals surface area contributed by atoms with E-state index >= 15 is 0 Å². The molecule has 5 nitrogen and oxygen atoms in total. The van der Waals surface area contributed by atoms with Gasteiger partial charge in [0.05, 0.1) is 4.90 Å². The van der Waals surface area contributed by atoms with Crippen molar-refractivity contribution in [2.75, 3.05) is 12.8 Å². The maximum absolute atomic E-state index is 12.1. The largest absolute Gasteiger partial charge is 0.348 e. The minimum atomic E-state index is -3.31. The summed E-state index contributed by atoms with van der Waals surface area (Å²) >= 11 is 0. The van der Waals surface area contributed by atoms with Crippen molar-refractivity contribution >= 4 is 15.7 Å². The topological polar surface area (TPSA) is 89.3 Å². The van der Waals surface area contributed by atoms with Crippen LogP contribution in [0.2, 0.25) is 0 Å². The van der Waals surface area contributed by atoms with Crippen LogP contribution in [0.3, 0.4) is 0 Å². The summed E-state index contributed by atoms with van der Waals surface area (Å²) < 4.78 is 23.0. The monoisotopic (exact) mass is 298 g/mol. The van der Waals surface area contributed by atoms with E-state index in [9.17, 15) is 13.2 Å². The summed E-state index contributed by atoms with van der Waals surface area (Å²) in [4.78, 5) is 12.2. The molecule has 20 heavy (non-hydrogen) atoms. The van der Waals surface area contributed by atoms with Crippen molar-refractivity contribution < 1.29 is 13.2 Å². The quantitative estimate of drug-likeness (QED) is 0.795. The third kappa shape index (κ3) is 4.94. The first-order chi connectivity index (χ1) is 9.38. The molecule has 0 aliphatic rings. The molecule has 1 unspecified atom stereocenters. The second-order valence-corrected chi connectivity index (χ2v) is 6.86. The highest BCUT2D eigenvalue weighted by Crippen LogP contribution is 2.11. The molecule has 6 heteroatoms. The van der Waals surface area contributed by atoms with Crippen molar-refractivity contribution in [3.63, 3.8) is 0 Å². The van der Waals surface area contributed by atoms with E-state index in [4.69, 9.17) is 5.73 Å². The number of carbonyl (C=O) groups is 1. The van der Waals surface area contributed by atoms with Crippen molar-refractivity contribution in [2.24, 2.45) is 5.73 Å². The van der Waals surface area contributed by atoms with Gasteiger partial charge >= 0.3 is 0 Å². The van der Waals surface area contributed by atoms with Crippen molar-refractivity contribution in [3.05, 3.63) is 29.8 Å². The van der Waals surface area contributed by atoms with E-state index in [0.29, 0.717) is 12.1 Å². The Kier molecular flexibility index (Phi) is 6.16.